The highest BCUT2D eigenvalue weighted by Crippen LogP contribution is 2.37. The first-order chi connectivity index (χ1) is 16.9. The molecular formula is C27H33ClN2O5S. The third kappa shape index (κ3) is 6.18. The number of hydrogen-bond donors (Lipinski definition) is 3. The Bertz CT molecular complexity index is 1290. The van der Waals surface area contributed by atoms with Crippen molar-refractivity contribution in [2.24, 2.45) is 5.92 Å². The smallest absolute Gasteiger partial charge is 0.176 e. The van der Waals surface area contributed by atoms with Gasteiger partial charge in [0.15, 0.2) is 9.84 Å². The summed E-state index contributed by atoms with van der Waals surface area (Å²) >= 11 is 6.40. The van der Waals surface area contributed by atoms with Gasteiger partial charge in [0.2, 0.25) is 0 Å². The molecule has 1 fully saturated rings. The average Bonchev–Trinajstić information content (AvgIpc) is 3.31. The fourth-order valence-corrected chi connectivity index (χ4v) is 6.03. The van der Waals surface area contributed by atoms with Crippen LogP contribution in [0.25, 0.3) is 11.4 Å². The summed E-state index contributed by atoms with van der Waals surface area (Å²) in [6.07, 6.45) is 4.52. The predicted molar refractivity (Wildman–Crippen MR) is 140 cm³/mol. The first kappa shape index (κ1) is 26.8. The Hall–Kier alpha value is -2.23. The molecule has 1 aliphatic rings. The molecule has 1 aromatic carbocycles. The minimum Gasteiger partial charge on any atom is -0.387 e. The highest BCUT2D eigenvalue weighted by molar-refractivity contribution is 7.90. The van der Waals surface area contributed by atoms with Crippen LogP contribution in [-0.4, -0.2) is 53.7 Å². The minimum atomic E-state index is -3.42. The molecule has 0 spiro atoms. The Labute approximate surface area is 217 Å². The van der Waals surface area contributed by atoms with E-state index in [0.717, 1.165) is 55.7 Å². The van der Waals surface area contributed by atoms with Gasteiger partial charge in [0.25, 0.3) is 0 Å². The van der Waals surface area contributed by atoms with Gasteiger partial charge in [-0.3, -0.25) is 4.98 Å². The van der Waals surface area contributed by atoms with E-state index in [1.807, 2.05) is 24.3 Å². The van der Waals surface area contributed by atoms with Gasteiger partial charge in [-0.2, -0.15) is 0 Å². The van der Waals surface area contributed by atoms with E-state index in [4.69, 9.17) is 16.3 Å². The number of aromatic nitrogens is 2. The van der Waals surface area contributed by atoms with Crippen LogP contribution in [0.5, 0.6) is 0 Å². The van der Waals surface area contributed by atoms with Gasteiger partial charge in [0.1, 0.15) is 6.10 Å². The Morgan fingerprint density at radius 3 is 2.42 bits per heavy atom. The van der Waals surface area contributed by atoms with E-state index in [1.54, 1.807) is 38.2 Å². The topological polar surface area (TPSA) is 113 Å². The van der Waals surface area contributed by atoms with Crippen LogP contribution in [0.4, 0.5) is 0 Å². The number of aliphatic hydroxyl groups excluding tert-OH is 1. The summed E-state index contributed by atoms with van der Waals surface area (Å²) < 4.78 is 29.7. The molecule has 1 aliphatic heterocycles. The molecule has 0 bridgehead atoms. The molecule has 36 heavy (non-hydrogen) atoms. The second kappa shape index (κ2) is 10.6. The monoisotopic (exact) mass is 532 g/mol. The summed E-state index contributed by atoms with van der Waals surface area (Å²) in [4.78, 5) is 8.11. The van der Waals surface area contributed by atoms with Gasteiger partial charge < -0.3 is 19.9 Å². The first-order valence-corrected chi connectivity index (χ1v) is 14.3. The van der Waals surface area contributed by atoms with Crippen LogP contribution in [0.1, 0.15) is 62.0 Å². The van der Waals surface area contributed by atoms with E-state index in [1.165, 1.54) is 0 Å². The van der Waals surface area contributed by atoms with E-state index in [0.29, 0.717) is 17.2 Å². The van der Waals surface area contributed by atoms with Crippen molar-refractivity contribution >= 4 is 21.4 Å². The van der Waals surface area contributed by atoms with Crippen molar-refractivity contribution in [2.45, 2.75) is 55.6 Å². The van der Waals surface area contributed by atoms with Crippen molar-refractivity contribution in [2.75, 3.05) is 19.5 Å². The lowest BCUT2D eigenvalue weighted by molar-refractivity contribution is -0.0498. The van der Waals surface area contributed by atoms with E-state index in [-0.39, 0.29) is 15.8 Å². The van der Waals surface area contributed by atoms with Crippen molar-refractivity contribution in [3.8, 4) is 11.4 Å². The zero-order valence-corrected chi connectivity index (χ0v) is 22.3. The van der Waals surface area contributed by atoms with Crippen LogP contribution in [0.3, 0.4) is 0 Å². The zero-order valence-electron chi connectivity index (χ0n) is 20.7. The fourth-order valence-electron chi connectivity index (χ4n) is 4.69. The number of benzene rings is 1. The summed E-state index contributed by atoms with van der Waals surface area (Å²) in [5.41, 5.74) is 2.74. The largest absolute Gasteiger partial charge is 0.387 e. The fraction of sp³-hybridized carbons (Fsp3) is 0.444. The Morgan fingerprint density at radius 1 is 1.14 bits per heavy atom. The minimum absolute atomic E-state index is 0.00996. The maximum Gasteiger partial charge on any atom is 0.176 e. The summed E-state index contributed by atoms with van der Waals surface area (Å²) in [6, 6.07) is 12.7. The van der Waals surface area contributed by atoms with Gasteiger partial charge in [0.05, 0.1) is 26.9 Å². The SMILES string of the molecule is CC(C)(O)C(O)c1ccc(-c2ccc(C(CC3CCOCC3)c3ccc(S(C)(=O)=O)c(Cl)c3)[nH]2)nc1. The van der Waals surface area contributed by atoms with Crippen LogP contribution in [0.15, 0.2) is 53.6 Å². The van der Waals surface area contributed by atoms with Crippen molar-refractivity contribution in [3.63, 3.8) is 0 Å². The second-order valence-corrected chi connectivity index (χ2v) is 12.6. The number of rotatable bonds is 8. The Balaban J connectivity index is 1.65. The summed E-state index contributed by atoms with van der Waals surface area (Å²) in [6.45, 7) is 4.59. The molecule has 3 heterocycles. The molecule has 0 radical (unpaired) electrons. The van der Waals surface area contributed by atoms with Crippen molar-refractivity contribution in [1.82, 2.24) is 9.97 Å². The number of nitrogens with one attached hydrogen (secondary N) is 1. The van der Waals surface area contributed by atoms with Crippen LogP contribution < -0.4 is 0 Å². The van der Waals surface area contributed by atoms with Gasteiger partial charge in [0, 0.05) is 42.8 Å². The molecule has 0 saturated carbocycles. The molecule has 1 saturated heterocycles. The lowest BCUT2D eigenvalue weighted by atomic mass is 9.83. The van der Waals surface area contributed by atoms with Gasteiger partial charge in [-0.05, 0) is 74.9 Å². The molecule has 7 nitrogen and oxygen atoms in total. The molecule has 4 rings (SSSR count). The number of H-pyrrole nitrogens is 1. The van der Waals surface area contributed by atoms with E-state index in [9.17, 15) is 18.6 Å². The number of halogens is 1. The lowest BCUT2D eigenvalue weighted by Crippen LogP contribution is -2.28. The number of hydrogen-bond acceptors (Lipinski definition) is 6. The summed E-state index contributed by atoms with van der Waals surface area (Å²) in [5, 5.41) is 20.6. The maximum atomic E-state index is 12.1. The lowest BCUT2D eigenvalue weighted by Gasteiger charge is -2.27. The van der Waals surface area contributed by atoms with Crippen LogP contribution in [0, 0.1) is 5.92 Å². The highest BCUT2D eigenvalue weighted by atomic mass is 35.5. The van der Waals surface area contributed by atoms with Crippen molar-refractivity contribution < 1.29 is 23.4 Å². The molecule has 0 amide bonds. The van der Waals surface area contributed by atoms with Crippen LogP contribution in [0.2, 0.25) is 5.02 Å². The van der Waals surface area contributed by atoms with E-state index >= 15 is 0 Å². The number of ether oxygens (including phenoxy) is 1. The van der Waals surface area contributed by atoms with Gasteiger partial charge in [-0.1, -0.05) is 23.7 Å². The third-order valence-electron chi connectivity index (χ3n) is 6.80. The molecular weight excluding hydrogens is 500 g/mol. The molecule has 194 valence electrons. The Morgan fingerprint density at radius 2 is 1.83 bits per heavy atom. The molecule has 9 heteroatoms. The number of aliphatic hydroxyl groups is 2. The van der Waals surface area contributed by atoms with Gasteiger partial charge in [-0.15, -0.1) is 0 Å². The maximum absolute atomic E-state index is 12.1. The first-order valence-electron chi connectivity index (χ1n) is 12.1. The van der Waals surface area contributed by atoms with E-state index in [2.05, 4.69) is 9.97 Å². The average molecular weight is 533 g/mol. The zero-order chi connectivity index (χ0) is 26.1. The second-order valence-electron chi connectivity index (χ2n) is 10.2. The summed E-state index contributed by atoms with van der Waals surface area (Å²) in [5.74, 6) is 0.467. The number of nitrogens with zero attached hydrogens (tertiary/aromatic N) is 1. The molecule has 2 atom stereocenters. The molecule has 2 aromatic heterocycles. The van der Waals surface area contributed by atoms with Gasteiger partial charge >= 0.3 is 0 Å². The van der Waals surface area contributed by atoms with Crippen LogP contribution in [-0.2, 0) is 14.6 Å². The number of aromatic amines is 1. The van der Waals surface area contributed by atoms with E-state index < -0.39 is 21.5 Å². The predicted octanol–water partition coefficient (Wildman–Crippen LogP) is 4.89. The number of sulfone groups is 1. The molecule has 0 aliphatic carbocycles. The van der Waals surface area contributed by atoms with Crippen molar-refractivity contribution in [1.29, 1.82) is 0 Å². The van der Waals surface area contributed by atoms with Crippen LogP contribution >= 0.6 is 11.6 Å². The van der Waals surface area contributed by atoms with Crippen molar-refractivity contribution in [3.05, 3.63) is 70.5 Å². The quantitative estimate of drug-likeness (QED) is 0.381. The number of pyridine rings is 1. The molecule has 3 aromatic rings. The summed E-state index contributed by atoms with van der Waals surface area (Å²) in [7, 11) is -3.42. The standard InChI is InChI=1S/C27H33ClN2O5S/c1-27(2,32)26(31)19-4-6-23(29-16-19)24-8-7-22(30-24)20(14-17-10-12-35-13-11-17)18-5-9-25(21(28)15-18)36(3,33)34/h4-9,15-17,20,26,30-32H,10-14H2,1-3H3. The molecule has 3 N–H and O–H groups in total. The van der Waals surface area contributed by atoms with Gasteiger partial charge in [-0.25, -0.2) is 8.42 Å². The normalized spacial score (nSPS) is 17.2. The Kier molecular flexibility index (Phi) is 7.92. The highest BCUT2D eigenvalue weighted by Gasteiger charge is 2.27. The third-order valence-corrected chi connectivity index (χ3v) is 8.38. The molecule has 2 unspecified atom stereocenters.